The highest BCUT2D eigenvalue weighted by atomic mass is 32.2. The summed E-state index contributed by atoms with van der Waals surface area (Å²) in [6.07, 6.45) is 2.15. The Bertz CT molecular complexity index is 1030. The average Bonchev–Trinajstić information content (AvgIpc) is 3.16. The largest absolute Gasteiger partial charge is 0.478 e. The van der Waals surface area contributed by atoms with Crippen molar-refractivity contribution in [2.75, 3.05) is 0 Å². The summed E-state index contributed by atoms with van der Waals surface area (Å²) in [5, 5.41) is 16.5. The molecule has 6 nitrogen and oxygen atoms in total. The van der Waals surface area contributed by atoms with Gasteiger partial charge in [0.1, 0.15) is 0 Å². The van der Waals surface area contributed by atoms with Crippen molar-refractivity contribution in [1.82, 2.24) is 10.2 Å². The number of aromatic nitrogens is 2. The zero-order valence-corrected chi connectivity index (χ0v) is 15.0. The molecule has 1 aromatic heterocycles. The van der Waals surface area contributed by atoms with Crippen molar-refractivity contribution in [3.63, 3.8) is 0 Å². The number of aryl methyl sites for hydroxylation is 1. The van der Waals surface area contributed by atoms with Crippen LogP contribution >= 0.6 is 0 Å². The van der Waals surface area contributed by atoms with Crippen LogP contribution in [0.15, 0.2) is 59.6 Å². The molecule has 0 saturated carbocycles. The van der Waals surface area contributed by atoms with Crippen LogP contribution in [0.2, 0.25) is 0 Å². The topological polar surface area (TPSA) is 100 Å². The van der Waals surface area contributed by atoms with E-state index in [4.69, 9.17) is 0 Å². The van der Waals surface area contributed by atoms with Gasteiger partial charge in [0.15, 0.2) is 9.84 Å². The maximum Gasteiger partial charge on any atom is 0.336 e. The molecule has 0 saturated heterocycles. The van der Waals surface area contributed by atoms with Crippen LogP contribution in [0, 0.1) is 0 Å². The number of H-pyrrole nitrogens is 1. The van der Waals surface area contributed by atoms with Gasteiger partial charge in [-0.3, -0.25) is 5.10 Å². The van der Waals surface area contributed by atoms with Crippen molar-refractivity contribution in [1.29, 1.82) is 0 Å². The molecule has 0 aliphatic carbocycles. The minimum absolute atomic E-state index is 0.00638. The third kappa shape index (κ3) is 3.39. The van der Waals surface area contributed by atoms with Crippen LogP contribution in [0.5, 0.6) is 0 Å². The maximum atomic E-state index is 12.7. The van der Waals surface area contributed by atoms with E-state index in [1.807, 2.05) is 6.92 Å². The molecule has 3 aromatic rings. The molecule has 0 spiro atoms. The average molecular weight is 370 g/mol. The normalized spacial score (nSPS) is 11.4. The summed E-state index contributed by atoms with van der Waals surface area (Å²) in [6.45, 7) is 1.92. The standard InChI is InChI=1S/C19H18N2O4S/c1-2-13-8-9-14(12-26(24,25)15-6-4-3-5-7-15)18(19(22)23)17(13)16-10-11-20-21-16/h3-11H,2,12H2,1H3,(H,20,21)(H,22,23). The summed E-state index contributed by atoms with van der Waals surface area (Å²) in [7, 11) is -3.66. The number of hydrogen-bond acceptors (Lipinski definition) is 4. The first-order valence-corrected chi connectivity index (χ1v) is 9.75. The van der Waals surface area contributed by atoms with Crippen LogP contribution in [0.3, 0.4) is 0 Å². The molecule has 0 radical (unpaired) electrons. The summed E-state index contributed by atoms with van der Waals surface area (Å²) in [5.41, 5.74) is 2.10. The number of rotatable bonds is 6. The van der Waals surface area contributed by atoms with Crippen LogP contribution in [0.25, 0.3) is 11.3 Å². The van der Waals surface area contributed by atoms with E-state index in [9.17, 15) is 18.3 Å². The molecule has 26 heavy (non-hydrogen) atoms. The van der Waals surface area contributed by atoms with Crippen molar-refractivity contribution < 1.29 is 18.3 Å². The molecule has 2 N–H and O–H groups in total. The number of carboxylic acids is 1. The van der Waals surface area contributed by atoms with Gasteiger partial charge in [-0.15, -0.1) is 0 Å². The molecule has 7 heteroatoms. The van der Waals surface area contributed by atoms with Gasteiger partial charge in [0.2, 0.25) is 0 Å². The third-order valence-corrected chi connectivity index (χ3v) is 5.87. The van der Waals surface area contributed by atoms with Gasteiger partial charge in [0, 0.05) is 11.8 Å². The zero-order valence-electron chi connectivity index (χ0n) is 14.1. The van der Waals surface area contributed by atoms with Gasteiger partial charge in [-0.05, 0) is 35.7 Å². The molecule has 134 valence electrons. The SMILES string of the molecule is CCc1ccc(CS(=O)(=O)c2ccccc2)c(C(=O)O)c1-c1ccn[nH]1. The Morgan fingerprint density at radius 2 is 1.77 bits per heavy atom. The molecule has 2 aromatic carbocycles. The molecule has 0 atom stereocenters. The van der Waals surface area contributed by atoms with Crippen LogP contribution in [0.4, 0.5) is 0 Å². The fourth-order valence-electron chi connectivity index (χ4n) is 2.97. The molecule has 0 bridgehead atoms. The number of aromatic amines is 1. The first-order valence-electron chi connectivity index (χ1n) is 8.09. The lowest BCUT2D eigenvalue weighted by atomic mass is 9.93. The predicted molar refractivity (Wildman–Crippen MR) is 97.7 cm³/mol. The molecule has 0 unspecified atom stereocenters. The number of hydrogen-bond donors (Lipinski definition) is 2. The number of sulfone groups is 1. The molecular formula is C19H18N2O4S. The smallest absolute Gasteiger partial charge is 0.336 e. The Balaban J connectivity index is 2.17. The van der Waals surface area contributed by atoms with E-state index in [2.05, 4.69) is 10.2 Å². The van der Waals surface area contributed by atoms with Crippen LogP contribution in [-0.2, 0) is 22.0 Å². The van der Waals surface area contributed by atoms with Crippen LogP contribution in [-0.4, -0.2) is 29.7 Å². The van der Waals surface area contributed by atoms with Gasteiger partial charge < -0.3 is 5.11 Å². The third-order valence-electron chi connectivity index (χ3n) is 4.19. The summed E-state index contributed by atoms with van der Waals surface area (Å²) >= 11 is 0. The van der Waals surface area contributed by atoms with Crippen molar-refractivity contribution in [2.24, 2.45) is 0 Å². The molecule has 0 aliphatic rings. The molecule has 0 aliphatic heterocycles. The van der Waals surface area contributed by atoms with Crippen molar-refractivity contribution in [3.05, 3.63) is 71.4 Å². The second-order valence-electron chi connectivity index (χ2n) is 5.83. The number of carbonyl (C=O) groups is 1. The Morgan fingerprint density at radius 1 is 1.08 bits per heavy atom. The molecule has 0 amide bonds. The van der Waals surface area contributed by atoms with Gasteiger partial charge in [-0.25, -0.2) is 13.2 Å². The molecule has 3 rings (SSSR count). The Labute approximate surface area is 151 Å². The Hall–Kier alpha value is -2.93. The monoisotopic (exact) mass is 370 g/mol. The first kappa shape index (κ1) is 17.9. The van der Waals surface area contributed by atoms with Crippen molar-refractivity contribution >= 4 is 15.8 Å². The number of nitrogens with one attached hydrogen (secondary N) is 1. The summed E-state index contributed by atoms with van der Waals surface area (Å²) in [6, 6.07) is 13.1. The maximum absolute atomic E-state index is 12.7. The minimum atomic E-state index is -3.66. The minimum Gasteiger partial charge on any atom is -0.478 e. The fourth-order valence-corrected chi connectivity index (χ4v) is 4.36. The summed E-state index contributed by atoms with van der Waals surface area (Å²) < 4.78 is 25.4. The lowest BCUT2D eigenvalue weighted by Gasteiger charge is -2.15. The fraction of sp³-hybridized carbons (Fsp3) is 0.158. The van der Waals surface area contributed by atoms with Gasteiger partial charge in [-0.1, -0.05) is 37.3 Å². The van der Waals surface area contributed by atoms with E-state index in [1.165, 1.54) is 18.3 Å². The highest BCUT2D eigenvalue weighted by molar-refractivity contribution is 7.90. The van der Waals surface area contributed by atoms with E-state index in [0.29, 0.717) is 17.7 Å². The summed E-state index contributed by atoms with van der Waals surface area (Å²) in [5.74, 6) is -1.55. The molecule has 0 fully saturated rings. The van der Waals surface area contributed by atoms with Gasteiger partial charge in [0.05, 0.1) is 21.9 Å². The van der Waals surface area contributed by atoms with Crippen LogP contribution in [0.1, 0.15) is 28.4 Å². The molecule has 1 heterocycles. The van der Waals surface area contributed by atoms with E-state index in [1.54, 1.807) is 36.4 Å². The van der Waals surface area contributed by atoms with E-state index >= 15 is 0 Å². The summed E-state index contributed by atoms with van der Waals surface area (Å²) in [4.78, 5) is 12.2. The second-order valence-corrected chi connectivity index (χ2v) is 7.82. The zero-order chi connectivity index (χ0) is 18.7. The second kappa shape index (κ2) is 7.13. The van der Waals surface area contributed by atoms with Gasteiger partial charge in [0.25, 0.3) is 0 Å². The Kier molecular flexibility index (Phi) is 4.90. The van der Waals surface area contributed by atoms with Crippen LogP contribution < -0.4 is 0 Å². The number of benzene rings is 2. The van der Waals surface area contributed by atoms with E-state index < -0.39 is 15.8 Å². The number of aromatic carboxylic acids is 1. The highest BCUT2D eigenvalue weighted by Gasteiger charge is 2.24. The van der Waals surface area contributed by atoms with Gasteiger partial charge >= 0.3 is 5.97 Å². The van der Waals surface area contributed by atoms with Crippen molar-refractivity contribution in [2.45, 2.75) is 24.0 Å². The lowest BCUT2D eigenvalue weighted by Crippen LogP contribution is -2.12. The first-order chi connectivity index (χ1) is 12.4. The highest BCUT2D eigenvalue weighted by Crippen LogP contribution is 2.31. The number of nitrogens with zero attached hydrogens (tertiary/aromatic N) is 1. The predicted octanol–water partition coefficient (Wildman–Crippen LogP) is 3.31. The Morgan fingerprint density at radius 3 is 2.35 bits per heavy atom. The van der Waals surface area contributed by atoms with E-state index in [0.717, 1.165) is 5.56 Å². The van der Waals surface area contributed by atoms with Gasteiger partial charge in [-0.2, -0.15) is 5.10 Å². The lowest BCUT2D eigenvalue weighted by molar-refractivity contribution is 0.0696. The molecular weight excluding hydrogens is 352 g/mol. The number of carboxylic acid groups (broad SMARTS) is 1. The van der Waals surface area contributed by atoms with Crippen molar-refractivity contribution in [3.8, 4) is 11.3 Å². The van der Waals surface area contributed by atoms with E-state index in [-0.39, 0.29) is 21.8 Å². The quantitative estimate of drug-likeness (QED) is 0.693.